The number of hydrogen-bond acceptors (Lipinski definition) is 6. The van der Waals surface area contributed by atoms with Gasteiger partial charge in [0.25, 0.3) is 0 Å². The molecule has 3 heterocycles. The Morgan fingerprint density at radius 2 is 2.20 bits per heavy atom. The highest BCUT2D eigenvalue weighted by Crippen LogP contribution is 2.36. The molecule has 0 amide bonds. The average Bonchev–Trinajstić information content (AvgIpc) is 2.97. The number of aromatic nitrogens is 2. The number of sulfonamides is 1. The fourth-order valence-electron chi connectivity index (χ4n) is 1.74. The van der Waals surface area contributed by atoms with Crippen molar-refractivity contribution in [2.24, 2.45) is 0 Å². The summed E-state index contributed by atoms with van der Waals surface area (Å²) in [5, 5.41) is 1.68. The second-order valence-electron chi connectivity index (χ2n) is 4.02. The number of hydrogen-bond donors (Lipinski definition) is 1. The van der Waals surface area contributed by atoms with E-state index >= 15 is 0 Å². The number of furan rings is 1. The number of halogens is 1. The van der Waals surface area contributed by atoms with Crippen LogP contribution < -0.4 is 4.72 Å². The molecule has 0 bridgehead atoms. The maximum absolute atomic E-state index is 11.3. The largest absolute Gasteiger partial charge is 0.463 e. The van der Waals surface area contributed by atoms with Gasteiger partial charge in [-0.25, -0.2) is 18.4 Å². The molecule has 0 aliphatic carbocycles. The Kier molecular flexibility index (Phi) is 3.15. The number of anilines is 1. The summed E-state index contributed by atoms with van der Waals surface area (Å²) in [5.41, 5.74) is 1.37. The SMILES string of the molecule is CS(=O)(=O)Nc1csc2c(-c3ccco3)nc(Cl)nc12. The first kappa shape index (κ1) is 13.3. The van der Waals surface area contributed by atoms with Gasteiger partial charge in [-0.05, 0) is 23.7 Å². The van der Waals surface area contributed by atoms with Gasteiger partial charge < -0.3 is 4.42 Å². The second-order valence-corrected chi connectivity index (χ2v) is 6.99. The summed E-state index contributed by atoms with van der Waals surface area (Å²) in [5.74, 6) is 0.548. The van der Waals surface area contributed by atoms with Crippen molar-refractivity contribution in [2.75, 3.05) is 11.0 Å². The van der Waals surface area contributed by atoms with E-state index in [9.17, 15) is 8.42 Å². The molecule has 9 heteroatoms. The Labute approximate surface area is 123 Å². The monoisotopic (exact) mass is 329 g/mol. The van der Waals surface area contributed by atoms with Crippen molar-refractivity contribution < 1.29 is 12.8 Å². The highest BCUT2D eigenvalue weighted by atomic mass is 35.5. The molecule has 1 N–H and O–H groups in total. The quantitative estimate of drug-likeness (QED) is 0.747. The topological polar surface area (TPSA) is 85.1 Å². The number of fused-ring (bicyclic) bond motifs is 1. The Balaban J connectivity index is 2.24. The van der Waals surface area contributed by atoms with Gasteiger partial charge in [0, 0.05) is 5.38 Å². The molecule has 3 rings (SSSR count). The minimum absolute atomic E-state index is 0.0267. The molecule has 0 radical (unpaired) electrons. The van der Waals surface area contributed by atoms with Gasteiger partial charge in [0.2, 0.25) is 15.3 Å². The van der Waals surface area contributed by atoms with Crippen LogP contribution in [0, 0.1) is 0 Å². The maximum Gasteiger partial charge on any atom is 0.229 e. The molecule has 0 saturated carbocycles. The molecule has 0 fully saturated rings. The van der Waals surface area contributed by atoms with E-state index in [1.807, 2.05) is 0 Å². The van der Waals surface area contributed by atoms with E-state index in [0.29, 0.717) is 27.4 Å². The lowest BCUT2D eigenvalue weighted by Crippen LogP contribution is -2.09. The predicted octanol–water partition coefficient (Wildman–Crippen LogP) is 2.98. The van der Waals surface area contributed by atoms with Crippen LogP contribution in [-0.4, -0.2) is 24.6 Å². The molecule has 20 heavy (non-hydrogen) atoms. The van der Waals surface area contributed by atoms with Crippen LogP contribution in [0.3, 0.4) is 0 Å². The van der Waals surface area contributed by atoms with Crippen LogP contribution >= 0.6 is 22.9 Å². The third-order valence-corrected chi connectivity index (χ3v) is 4.17. The summed E-state index contributed by atoms with van der Waals surface area (Å²) in [7, 11) is -3.39. The molecule has 0 unspecified atom stereocenters. The number of rotatable bonds is 3. The van der Waals surface area contributed by atoms with Gasteiger partial charge in [-0.2, -0.15) is 0 Å². The molecular weight excluding hydrogens is 322 g/mol. The minimum atomic E-state index is -3.39. The molecule has 0 aromatic carbocycles. The third-order valence-electron chi connectivity index (χ3n) is 2.44. The van der Waals surface area contributed by atoms with Crippen molar-refractivity contribution in [3.63, 3.8) is 0 Å². The first-order chi connectivity index (χ1) is 9.44. The summed E-state index contributed by atoms with van der Waals surface area (Å²) in [6.45, 7) is 0. The van der Waals surface area contributed by atoms with Crippen LogP contribution in [0.1, 0.15) is 0 Å². The van der Waals surface area contributed by atoms with Crippen molar-refractivity contribution in [1.82, 2.24) is 9.97 Å². The lowest BCUT2D eigenvalue weighted by molar-refractivity contribution is 0.580. The lowest BCUT2D eigenvalue weighted by atomic mass is 10.3. The van der Waals surface area contributed by atoms with E-state index in [1.165, 1.54) is 17.6 Å². The van der Waals surface area contributed by atoms with E-state index < -0.39 is 10.0 Å². The fourth-order valence-corrected chi connectivity index (χ4v) is 3.47. The van der Waals surface area contributed by atoms with E-state index in [2.05, 4.69) is 14.7 Å². The van der Waals surface area contributed by atoms with Crippen LogP contribution in [0.2, 0.25) is 5.28 Å². The van der Waals surface area contributed by atoms with Gasteiger partial charge in [0.05, 0.1) is 22.9 Å². The van der Waals surface area contributed by atoms with Gasteiger partial charge in [-0.1, -0.05) is 0 Å². The summed E-state index contributed by atoms with van der Waals surface area (Å²) in [6.07, 6.45) is 2.60. The zero-order valence-electron chi connectivity index (χ0n) is 10.1. The van der Waals surface area contributed by atoms with Crippen LogP contribution in [0.5, 0.6) is 0 Å². The zero-order chi connectivity index (χ0) is 14.3. The highest BCUT2D eigenvalue weighted by Gasteiger charge is 2.17. The smallest absolute Gasteiger partial charge is 0.229 e. The van der Waals surface area contributed by atoms with Crippen LogP contribution in [0.4, 0.5) is 5.69 Å². The molecule has 3 aromatic rings. The van der Waals surface area contributed by atoms with Gasteiger partial charge in [-0.15, -0.1) is 11.3 Å². The lowest BCUT2D eigenvalue weighted by Gasteiger charge is -2.03. The average molecular weight is 330 g/mol. The van der Waals surface area contributed by atoms with E-state index in [0.717, 1.165) is 6.26 Å². The summed E-state index contributed by atoms with van der Waals surface area (Å²) < 4.78 is 31.1. The van der Waals surface area contributed by atoms with Gasteiger partial charge in [0.1, 0.15) is 11.2 Å². The normalized spacial score (nSPS) is 11.9. The Morgan fingerprint density at radius 1 is 1.40 bits per heavy atom. The predicted molar refractivity (Wildman–Crippen MR) is 78.6 cm³/mol. The standard InChI is InChI=1S/C11H8ClN3O3S2/c1-20(16,17)15-6-5-19-10-8(6)13-11(12)14-9(10)7-3-2-4-18-7/h2-5,15H,1H3. The molecule has 6 nitrogen and oxygen atoms in total. The van der Waals surface area contributed by atoms with Crippen molar-refractivity contribution in [3.8, 4) is 11.5 Å². The van der Waals surface area contributed by atoms with E-state index in [1.54, 1.807) is 17.5 Å². The van der Waals surface area contributed by atoms with Gasteiger partial charge in [-0.3, -0.25) is 4.72 Å². The Hall–Kier alpha value is -1.64. The molecule has 3 aromatic heterocycles. The van der Waals surface area contributed by atoms with E-state index in [-0.39, 0.29) is 5.28 Å². The molecule has 0 saturated heterocycles. The van der Waals surface area contributed by atoms with Crippen LogP contribution in [0.25, 0.3) is 21.7 Å². The summed E-state index contributed by atoms with van der Waals surface area (Å²) in [4.78, 5) is 8.23. The Bertz CT molecular complexity index is 872. The second kappa shape index (κ2) is 4.72. The first-order valence-corrected chi connectivity index (χ1v) is 8.55. The fraction of sp³-hybridized carbons (Fsp3) is 0.0909. The number of nitrogens with zero attached hydrogens (tertiary/aromatic N) is 2. The van der Waals surface area contributed by atoms with Crippen LogP contribution in [0.15, 0.2) is 28.2 Å². The van der Waals surface area contributed by atoms with Crippen molar-refractivity contribution in [1.29, 1.82) is 0 Å². The molecule has 0 spiro atoms. The number of thiophene rings is 1. The minimum Gasteiger partial charge on any atom is -0.463 e. The molecule has 0 aliphatic heterocycles. The van der Waals surface area contributed by atoms with Gasteiger partial charge >= 0.3 is 0 Å². The number of nitrogens with one attached hydrogen (secondary N) is 1. The molecule has 0 aliphatic rings. The van der Waals surface area contributed by atoms with E-state index in [4.69, 9.17) is 16.0 Å². The highest BCUT2D eigenvalue weighted by molar-refractivity contribution is 7.92. The first-order valence-electron chi connectivity index (χ1n) is 5.40. The van der Waals surface area contributed by atoms with Crippen molar-refractivity contribution >= 4 is 48.9 Å². The molecule has 104 valence electrons. The maximum atomic E-state index is 11.3. The van der Waals surface area contributed by atoms with Gasteiger partial charge in [0.15, 0.2) is 5.76 Å². The molecular formula is C11H8ClN3O3S2. The summed E-state index contributed by atoms with van der Waals surface area (Å²) >= 11 is 7.22. The third kappa shape index (κ3) is 2.49. The zero-order valence-corrected chi connectivity index (χ0v) is 12.5. The van der Waals surface area contributed by atoms with Crippen molar-refractivity contribution in [2.45, 2.75) is 0 Å². The summed E-state index contributed by atoms with van der Waals surface area (Å²) in [6, 6.07) is 3.49. The van der Waals surface area contributed by atoms with Crippen molar-refractivity contribution in [3.05, 3.63) is 29.1 Å². The Morgan fingerprint density at radius 3 is 2.85 bits per heavy atom. The molecule has 0 atom stereocenters. The van der Waals surface area contributed by atoms with Crippen LogP contribution in [-0.2, 0) is 10.0 Å².